The molecule has 0 aliphatic carbocycles. The number of H-pyrrole nitrogens is 1. The Bertz CT molecular complexity index is 1430. The fourth-order valence-corrected chi connectivity index (χ4v) is 5.05. The van der Waals surface area contributed by atoms with Crippen molar-refractivity contribution in [2.24, 2.45) is 4.99 Å². The van der Waals surface area contributed by atoms with Crippen LogP contribution in [0.15, 0.2) is 82.8 Å². The summed E-state index contributed by atoms with van der Waals surface area (Å²) < 4.78 is 10.6. The fourth-order valence-electron chi connectivity index (χ4n) is 4.00. The molecular formula is C27H23N3O4S. The van der Waals surface area contributed by atoms with Crippen molar-refractivity contribution >= 4 is 52.1 Å². The number of aromatic amines is 1. The van der Waals surface area contributed by atoms with Gasteiger partial charge in [-0.15, -0.1) is 11.8 Å². The van der Waals surface area contributed by atoms with Crippen molar-refractivity contribution in [3.63, 3.8) is 0 Å². The Balaban J connectivity index is 1.26. The van der Waals surface area contributed by atoms with E-state index in [0.717, 1.165) is 27.0 Å². The Labute approximate surface area is 206 Å². The van der Waals surface area contributed by atoms with E-state index in [-0.39, 0.29) is 18.2 Å². The summed E-state index contributed by atoms with van der Waals surface area (Å²) in [6, 6.07) is 20.7. The van der Waals surface area contributed by atoms with Crippen LogP contribution in [0.4, 0.5) is 11.4 Å². The number of hydrogen-bond donors (Lipinski definition) is 1. The number of nitrogens with one attached hydrogen (secondary N) is 1. The van der Waals surface area contributed by atoms with Crippen molar-refractivity contribution in [1.29, 1.82) is 0 Å². The molecule has 8 heteroatoms. The Morgan fingerprint density at radius 3 is 2.54 bits per heavy atom. The van der Waals surface area contributed by atoms with E-state index in [1.165, 1.54) is 16.7 Å². The van der Waals surface area contributed by atoms with Crippen LogP contribution in [-0.4, -0.2) is 42.5 Å². The zero-order valence-electron chi connectivity index (χ0n) is 19.2. The number of thioether (sulfide) groups is 1. The van der Waals surface area contributed by atoms with E-state index in [4.69, 9.17) is 9.47 Å². The number of aromatic nitrogens is 1. The number of anilines is 1. The van der Waals surface area contributed by atoms with Gasteiger partial charge in [-0.2, -0.15) is 0 Å². The predicted molar refractivity (Wildman–Crippen MR) is 138 cm³/mol. The molecule has 1 aliphatic heterocycles. The SMILES string of the molecule is COc1ccc(C=Nc2ccc(SC3CC(=O)N(c4ccc5cc[nH]c5c4)C3=O)cc2)cc1OC. The number of methoxy groups -OCH3 is 2. The van der Waals surface area contributed by atoms with Gasteiger partial charge in [0.05, 0.1) is 30.8 Å². The maximum absolute atomic E-state index is 13.1. The largest absolute Gasteiger partial charge is 0.493 e. The molecule has 1 fully saturated rings. The molecule has 7 nitrogen and oxygen atoms in total. The minimum atomic E-state index is -0.456. The first-order valence-corrected chi connectivity index (χ1v) is 11.9. The summed E-state index contributed by atoms with van der Waals surface area (Å²) in [6.07, 6.45) is 3.76. The van der Waals surface area contributed by atoms with E-state index in [1.54, 1.807) is 20.4 Å². The van der Waals surface area contributed by atoms with Crippen LogP contribution >= 0.6 is 11.8 Å². The Morgan fingerprint density at radius 2 is 1.77 bits per heavy atom. The maximum atomic E-state index is 13.1. The van der Waals surface area contributed by atoms with Crippen LogP contribution in [0.3, 0.4) is 0 Å². The zero-order valence-corrected chi connectivity index (χ0v) is 20.0. The van der Waals surface area contributed by atoms with E-state index >= 15 is 0 Å². The standard InChI is InChI=1S/C27H23N3O4S/c1-33-23-10-3-17(13-24(23)34-2)16-29-19-5-8-21(9-6-19)35-25-15-26(31)30(27(25)32)20-7-4-18-11-12-28-22(18)14-20/h3-14,16,25,28H,15H2,1-2H3. The summed E-state index contributed by atoms with van der Waals surface area (Å²) in [4.78, 5) is 35.6. The number of hydrogen-bond acceptors (Lipinski definition) is 6. The fraction of sp³-hybridized carbons (Fsp3) is 0.148. The first-order valence-electron chi connectivity index (χ1n) is 11.0. The topological polar surface area (TPSA) is 84.0 Å². The molecular weight excluding hydrogens is 462 g/mol. The van der Waals surface area contributed by atoms with Gasteiger partial charge in [-0.1, -0.05) is 6.07 Å². The monoisotopic (exact) mass is 485 g/mol. The minimum absolute atomic E-state index is 0.172. The summed E-state index contributed by atoms with van der Waals surface area (Å²) >= 11 is 1.40. The van der Waals surface area contributed by atoms with E-state index in [0.29, 0.717) is 17.2 Å². The molecule has 0 bridgehead atoms. The van der Waals surface area contributed by atoms with Crippen molar-refractivity contribution < 1.29 is 19.1 Å². The summed E-state index contributed by atoms with van der Waals surface area (Å²) in [5, 5.41) is 0.579. The number of carbonyl (C=O) groups is 2. The number of nitrogens with zero attached hydrogens (tertiary/aromatic N) is 2. The van der Waals surface area contributed by atoms with Gasteiger partial charge in [-0.3, -0.25) is 14.6 Å². The first-order chi connectivity index (χ1) is 17.1. The van der Waals surface area contributed by atoms with Crippen LogP contribution in [0, 0.1) is 0 Å². The lowest BCUT2D eigenvalue weighted by Crippen LogP contribution is -2.31. The van der Waals surface area contributed by atoms with Gasteiger partial charge < -0.3 is 14.5 Å². The molecule has 1 unspecified atom stereocenters. The lowest BCUT2D eigenvalue weighted by Gasteiger charge is -2.15. The van der Waals surface area contributed by atoms with Crippen LogP contribution in [-0.2, 0) is 9.59 Å². The number of ether oxygens (including phenoxy) is 2. The molecule has 1 aromatic heterocycles. The van der Waals surface area contributed by atoms with Gasteiger partial charge in [0, 0.05) is 29.2 Å². The molecule has 0 radical (unpaired) electrons. The van der Waals surface area contributed by atoms with Crippen LogP contribution in [0.2, 0.25) is 0 Å². The summed E-state index contributed by atoms with van der Waals surface area (Å²) in [5.41, 5.74) is 3.15. The average Bonchev–Trinajstić information content (AvgIpc) is 3.46. The molecule has 0 saturated carbocycles. The predicted octanol–water partition coefficient (Wildman–Crippen LogP) is 5.36. The Hall–Kier alpha value is -4.04. The van der Waals surface area contributed by atoms with Gasteiger partial charge in [0.15, 0.2) is 11.5 Å². The third-order valence-corrected chi connectivity index (χ3v) is 6.98. The molecule has 1 aliphatic rings. The van der Waals surface area contributed by atoms with Gasteiger partial charge in [0.2, 0.25) is 11.8 Å². The van der Waals surface area contributed by atoms with Gasteiger partial charge in [-0.05, 0) is 71.6 Å². The lowest BCUT2D eigenvalue weighted by molar-refractivity contribution is -0.121. The summed E-state index contributed by atoms with van der Waals surface area (Å²) in [7, 11) is 3.19. The second-order valence-corrected chi connectivity index (χ2v) is 9.27. The zero-order chi connectivity index (χ0) is 24.4. The molecule has 1 saturated heterocycles. The quantitative estimate of drug-likeness (QED) is 0.281. The average molecular weight is 486 g/mol. The van der Waals surface area contributed by atoms with Gasteiger partial charge in [0.1, 0.15) is 0 Å². The third-order valence-electron chi connectivity index (χ3n) is 5.79. The van der Waals surface area contributed by atoms with Crippen molar-refractivity contribution in [2.75, 3.05) is 19.1 Å². The van der Waals surface area contributed by atoms with Crippen LogP contribution in [0.1, 0.15) is 12.0 Å². The highest BCUT2D eigenvalue weighted by molar-refractivity contribution is 8.00. The summed E-state index contributed by atoms with van der Waals surface area (Å²) in [5.74, 6) is 0.922. The van der Waals surface area contributed by atoms with Gasteiger partial charge in [0.25, 0.3) is 0 Å². The molecule has 5 rings (SSSR count). The smallest absolute Gasteiger partial charge is 0.247 e. The molecule has 2 amide bonds. The van der Waals surface area contributed by atoms with Crippen molar-refractivity contribution in [3.8, 4) is 11.5 Å². The third kappa shape index (κ3) is 4.65. The van der Waals surface area contributed by atoms with Crippen LogP contribution in [0.25, 0.3) is 10.9 Å². The highest BCUT2D eigenvalue weighted by Gasteiger charge is 2.40. The highest BCUT2D eigenvalue weighted by atomic mass is 32.2. The first kappa shape index (κ1) is 22.7. The van der Waals surface area contributed by atoms with Gasteiger partial charge >= 0.3 is 0 Å². The van der Waals surface area contributed by atoms with E-state index in [2.05, 4.69) is 9.98 Å². The molecule has 2 heterocycles. The molecule has 176 valence electrons. The van der Waals surface area contributed by atoms with Crippen molar-refractivity contribution in [2.45, 2.75) is 16.6 Å². The van der Waals surface area contributed by atoms with Crippen molar-refractivity contribution in [3.05, 3.63) is 78.5 Å². The molecule has 1 atom stereocenters. The van der Waals surface area contributed by atoms with E-state index in [9.17, 15) is 9.59 Å². The number of imide groups is 1. The number of carbonyl (C=O) groups excluding carboxylic acids is 2. The molecule has 1 N–H and O–H groups in total. The van der Waals surface area contributed by atoms with Crippen LogP contribution in [0.5, 0.6) is 11.5 Å². The van der Waals surface area contributed by atoms with Crippen LogP contribution < -0.4 is 14.4 Å². The van der Waals surface area contributed by atoms with E-state index in [1.807, 2.05) is 72.9 Å². The Morgan fingerprint density at radius 1 is 0.971 bits per heavy atom. The summed E-state index contributed by atoms with van der Waals surface area (Å²) in [6.45, 7) is 0. The minimum Gasteiger partial charge on any atom is -0.493 e. The lowest BCUT2D eigenvalue weighted by atomic mass is 10.2. The maximum Gasteiger partial charge on any atom is 0.247 e. The second kappa shape index (κ2) is 9.68. The number of fused-ring (bicyclic) bond motifs is 1. The van der Waals surface area contributed by atoms with E-state index < -0.39 is 5.25 Å². The highest BCUT2D eigenvalue weighted by Crippen LogP contribution is 2.35. The molecule has 0 spiro atoms. The number of rotatable bonds is 7. The second-order valence-electron chi connectivity index (χ2n) is 7.99. The number of benzene rings is 3. The molecule has 3 aromatic carbocycles. The number of amides is 2. The Kier molecular flexibility index (Phi) is 6.29. The molecule has 4 aromatic rings. The number of aliphatic imine (C=N–C) groups is 1. The van der Waals surface area contributed by atoms with Gasteiger partial charge in [-0.25, -0.2) is 4.90 Å². The molecule has 35 heavy (non-hydrogen) atoms. The van der Waals surface area contributed by atoms with Crippen molar-refractivity contribution in [1.82, 2.24) is 4.98 Å². The normalized spacial score (nSPS) is 15.9.